The van der Waals surface area contributed by atoms with E-state index in [2.05, 4.69) is 20.0 Å². The molecule has 1 amide bonds. The first-order chi connectivity index (χ1) is 12.6. The first kappa shape index (κ1) is 16.9. The Labute approximate surface area is 156 Å². The Morgan fingerprint density at radius 1 is 1.27 bits per heavy atom. The highest BCUT2D eigenvalue weighted by molar-refractivity contribution is 7.99. The number of hydrogen-bond donors (Lipinski definition) is 1. The fourth-order valence-electron chi connectivity index (χ4n) is 3.21. The van der Waals surface area contributed by atoms with E-state index in [1.807, 2.05) is 55.1 Å². The number of imidazole rings is 1. The average molecular weight is 367 g/mol. The van der Waals surface area contributed by atoms with Crippen molar-refractivity contribution in [2.24, 2.45) is 0 Å². The molecule has 26 heavy (non-hydrogen) atoms. The van der Waals surface area contributed by atoms with Crippen LogP contribution in [0.4, 0.5) is 0 Å². The molecule has 0 saturated heterocycles. The van der Waals surface area contributed by atoms with E-state index in [0.29, 0.717) is 13.0 Å². The third-order valence-electron chi connectivity index (χ3n) is 4.60. The molecule has 0 radical (unpaired) electrons. The quantitative estimate of drug-likeness (QED) is 0.753. The fraction of sp³-hybridized carbons (Fsp3) is 0.316. The predicted octanol–water partition coefficient (Wildman–Crippen LogP) is 2.65. The Bertz CT molecular complexity index is 923. The van der Waals surface area contributed by atoms with Gasteiger partial charge in [-0.25, -0.2) is 9.67 Å². The molecule has 0 unspecified atom stereocenters. The third-order valence-corrected chi connectivity index (χ3v) is 5.57. The van der Waals surface area contributed by atoms with Crippen molar-refractivity contribution in [3.8, 4) is 5.69 Å². The van der Waals surface area contributed by atoms with Crippen LogP contribution < -0.4 is 5.32 Å². The lowest BCUT2D eigenvalue weighted by molar-refractivity contribution is -0.120. The molecule has 0 bridgehead atoms. The number of thioether (sulfide) groups is 1. The summed E-state index contributed by atoms with van der Waals surface area (Å²) in [6.45, 7) is 5.42. The van der Waals surface area contributed by atoms with Crippen molar-refractivity contribution in [3.63, 3.8) is 0 Å². The van der Waals surface area contributed by atoms with E-state index < -0.39 is 0 Å². The van der Waals surface area contributed by atoms with Gasteiger partial charge < -0.3 is 9.88 Å². The number of carbonyl (C=O) groups excluding carboxylic acids is 1. The molecule has 7 heteroatoms. The maximum Gasteiger partial charge on any atom is 0.224 e. The van der Waals surface area contributed by atoms with Crippen molar-refractivity contribution in [3.05, 3.63) is 59.2 Å². The van der Waals surface area contributed by atoms with Crippen molar-refractivity contribution in [1.29, 1.82) is 0 Å². The maximum absolute atomic E-state index is 12.4. The Balaban J connectivity index is 1.43. The van der Waals surface area contributed by atoms with Crippen molar-refractivity contribution in [2.75, 3.05) is 5.75 Å². The van der Waals surface area contributed by atoms with Gasteiger partial charge in [-0.3, -0.25) is 4.79 Å². The Hall–Kier alpha value is -2.54. The molecule has 1 aliphatic heterocycles. The highest BCUT2D eigenvalue weighted by atomic mass is 32.2. The van der Waals surface area contributed by atoms with Crippen LogP contribution in [0.2, 0.25) is 0 Å². The highest BCUT2D eigenvalue weighted by Gasteiger charge is 2.17. The minimum absolute atomic E-state index is 0.00961. The number of aromatic nitrogens is 4. The van der Waals surface area contributed by atoms with E-state index in [0.717, 1.165) is 45.8 Å². The standard InChI is InChI=1S/C19H21N5OS/c1-13-17(14(2)24(22-13)16-6-4-3-5-7-16)10-18(25)20-11-15-12-23-8-9-26-19(23)21-15/h3-7,12H,8-11H2,1-2H3,(H,20,25). The summed E-state index contributed by atoms with van der Waals surface area (Å²) in [7, 11) is 0. The summed E-state index contributed by atoms with van der Waals surface area (Å²) in [5.74, 6) is 1.07. The topological polar surface area (TPSA) is 64.7 Å². The van der Waals surface area contributed by atoms with Crippen molar-refractivity contribution >= 4 is 17.7 Å². The van der Waals surface area contributed by atoms with Gasteiger partial charge in [-0.2, -0.15) is 5.10 Å². The van der Waals surface area contributed by atoms with E-state index in [4.69, 9.17) is 0 Å². The van der Waals surface area contributed by atoms with Crippen LogP contribution in [0, 0.1) is 13.8 Å². The van der Waals surface area contributed by atoms with E-state index >= 15 is 0 Å². The molecule has 0 fully saturated rings. The number of carbonyl (C=O) groups is 1. The molecule has 3 aromatic rings. The van der Waals surface area contributed by atoms with Crippen molar-refractivity contribution < 1.29 is 4.79 Å². The lowest BCUT2D eigenvalue weighted by Gasteiger charge is -2.06. The van der Waals surface area contributed by atoms with Gasteiger partial charge >= 0.3 is 0 Å². The molecule has 1 aromatic carbocycles. The highest BCUT2D eigenvalue weighted by Crippen LogP contribution is 2.24. The van der Waals surface area contributed by atoms with E-state index in [1.54, 1.807) is 11.8 Å². The molecule has 0 spiro atoms. The number of para-hydroxylation sites is 1. The molecule has 0 saturated carbocycles. The Kier molecular flexibility index (Phi) is 4.55. The van der Waals surface area contributed by atoms with Crippen LogP contribution >= 0.6 is 11.8 Å². The zero-order valence-corrected chi connectivity index (χ0v) is 15.7. The zero-order chi connectivity index (χ0) is 18.1. The lowest BCUT2D eigenvalue weighted by atomic mass is 10.1. The summed E-state index contributed by atoms with van der Waals surface area (Å²) in [4.78, 5) is 17.0. The summed E-state index contributed by atoms with van der Waals surface area (Å²) in [6, 6.07) is 9.98. The molecule has 1 N–H and O–H groups in total. The van der Waals surface area contributed by atoms with Crippen molar-refractivity contribution in [2.45, 2.75) is 38.5 Å². The van der Waals surface area contributed by atoms with Gasteiger partial charge in [0.25, 0.3) is 0 Å². The zero-order valence-electron chi connectivity index (χ0n) is 14.9. The first-order valence-electron chi connectivity index (χ1n) is 8.68. The Morgan fingerprint density at radius 2 is 2.08 bits per heavy atom. The van der Waals surface area contributed by atoms with Crippen LogP contribution in [0.5, 0.6) is 0 Å². The summed E-state index contributed by atoms with van der Waals surface area (Å²) >= 11 is 1.76. The second kappa shape index (κ2) is 6.99. The predicted molar refractivity (Wildman–Crippen MR) is 102 cm³/mol. The fourth-order valence-corrected chi connectivity index (χ4v) is 4.17. The van der Waals surface area contributed by atoms with Gasteiger partial charge in [-0.1, -0.05) is 30.0 Å². The van der Waals surface area contributed by atoms with Gasteiger partial charge in [0.1, 0.15) is 0 Å². The van der Waals surface area contributed by atoms with Crippen LogP contribution in [-0.4, -0.2) is 31.0 Å². The van der Waals surface area contributed by atoms with Crippen LogP contribution in [0.15, 0.2) is 41.7 Å². The minimum atomic E-state index is -0.00961. The van der Waals surface area contributed by atoms with Crippen LogP contribution in [0.25, 0.3) is 5.69 Å². The van der Waals surface area contributed by atoms with Gasteiger partial charge in [0, 0.05) is 29.8 Å². The number of nitrogens with one attached hydrogen (secondary N) is 1. The number of benzene rings is 1. The van der Waals surface area contributed by atoms with E-state index in [1.165, 1.54) is 0 Å². The molecular weight excluding hydrogens is 346 g/mol. The lowest BCUT2D eigenvalue weighted by Crippen LogP contribution is -2.25. The second-order valence-corrected chi connectivity index (χ2v) is 7.47. The van der Waals surface area contributed by atoms with Gasteiger partial charge in [-0.05, 0) is 26.0 Å². The monoisotopic (exact) mass is 367 g/mol. The molecule has 1 aliphatic rings. The average Bonchev–Trinajstić information content (AvgIpc) is 3.30. The van der Waals surface area contributed by atoms with Crippen LogP contribution in [0.3, 0.4) is 0 Å². The third kappa shape index (κ3) is 3.26. The smallest absolute Gasteiger partial charge is 0.224 e. The van der Waals surface area contributed by atoms with Crippen molar-refractivity contribution in [1.82, 2.24) is 24.6 Å². The molecule has 4 rings (SSSR count). The number of aryl methyl sites for hydroxylation is 2. The Morgan fingerprint density at radius 3 is 2.85 bits per heavy atom. The molecular formula is C19H21N5OS. The van der Waals surface area contributed by atoms with Gasteiger partial charge in [0.05, 0.1) is 30.0 Å². The normalized spacial score (nSPS) is 13.0. The summed E-state index contributed by atoms with van der Waals surface area (Å²) in [5, 5.41) is 8.63. The number of amides is 1. The van der Waals surface area contributed by atoms with Gasteiger partial charge in [0.2, 0.25) is 5.91 Å². The summed E-state index contributed by atoms with van der Waals surface area (Å²) in [6.07, 6.45) is 2.35. The minimum Gasteiger partial charge on any atom is -0.350 e. The van der Waals surface area contributed by atoms with Gasteiger partial charge in [-0.15, -0.1) is 0 Å². The molecule has 0 atom stereocenters. The molecule has 134 valence electrons. The first-order valence-corrected chi connectivity index (χ1v) is 9.66. The molecule has 6 nitrogen and oxygen atoms in total. The summed E-state index contributed by atoms with van der Waals surface area (Å²) in [5.41, 5.74) is 4.79. The molecule has 0 aliphatic carbocycles. The number of fused-ring (bicyclic) bond motifs is 1. The largest absolute Gasteiger partial charge is 0.350 e. The summed E-state index contributed by atoms with van der Waals surface area (Å²) < 4.78 is 4.04. The molecule has 3 heterocycles. The SMILES string of the molecule is Cc1nn(-c2ccccc2)c(C)c1CC(=O)NCc1cn2c(n1)SCC2. The second-order valence-electron chi connectivity index (χ2n) is 6.41. The molecule has 2 aromatic heterocycles. The number of hydrogen-bond acceptors (Lipinski definition) is 4. The van der Waals surface area contributed by atoms with E-state index in [-0.39, 0.29) is 5.91 Å². The van der Waals surface area contributed by atoms with E-state index in [9.17, 15) is 4.79 Å². The van der Waals surface area contributed by atoms with Crippen LogP contribution in [-0.2, 0) is 24.3 Å². The number of nitrogens with zero attached hydrogens (tertiary/aromatic N) is 4. The maximum atomic E-state index is 12.4. The van der Waals surface area contributed by atoms with Crippen LogP contribution in [0.1, 0.15) is 22.6 Å². The van der Waals surface area contributed by atoms with Gasteiger partial charge in [0.15, 0.2) is 5.16 Å². The number of rotatable bonds is 5.